The average Bonchev–Trinajstić information content (AvgIpc) is 2.07. The largest absolute Gasteiger partial charge is 0.363 e. The predicted octanol–water partition coefficient (Wildman–Crippen LogP) is 2.11. The molecule has 0 aromatic heterocycles. The van der Waals surface area contributed by atoms with Crippen LogP contribution in [0.4, 0.5) is 0 Å². The van der Waals surface area contributed by atoms with E-state index >= 15 is 0 Å². The Balaban J connectivity index is 2.54. The third-order valence-corrected chi connectivity index (χ3v) is 2.68. The van der Waals surface area contributed by atoms with Crippen molar-refractivity contribution in [2.75, 3.05) is 7.11 Å². The van der Waals surface area contributed by atoms with Crippen LogP contribution in [0.5, 0.6) is 0 Å². The number of hydrogen-bond acceptors (Lipinski definition) is 2. The normalized spacial score (nSPS) is 38.1. The van der Waals surface area contributed by atoms with Crippen molar-refractivity contribution >= 4 is 0 Å². The topological polar surface area (TPSA) is 33.0 Å². The van der Waals surface area contributed by atoms with Crippen molar-refractivity contribution in [2.45, 2.75) is 38.2 Å². The Morgan fingerprint density at radius 2 is 2.00 bits per heavy atom. The smallest absolute Gasteiger partial charge is 0.153 e. The third-order valence-electron chi connectivity index (χ3n) is 2.68. The molecule has 0 bridgehead atoms. The van der Waals surface area contributed by atoms with Crippen LogP contribution < -0.4 is 0 Å². The Bertz CT molecular complexity index is 163. The van der Waals surface area contributed by atoms with E-state index in [0.717, 1.165) is 31.6 Å². The minimum atomic E-state index is -0.452. The fourth-order valence-electron chi connectivity index (χ4n) is 1.59. The van der Waals surface area contributed by atoms with E-state index in [-0.39, 0.29) is 0 Å². The van der Waals surface area contributed by atoms with Crippen molar-refractivity contribution in [1.82, 2.24) is 0 Å². The molecule has 0 aromatic carbocycles. The molecule has 0 saturated heterocycles. The first-order valence-electron chi connectivity index (χ1n) is 4.19. The minimum absolute atomic E-state index is 0.452. The summed E-state index contributed by atoms with van der Waals surface area (Å²) in [6.45, 7) is 2.23. The van der Waals surface area contributed by atoms with Gasteiger partial charge < -0.3 is 4.74 Å². The zero-order valence-electron chi connectivity index (χ0n) is 7.26. The highest BCUT2D eigenvalue weighted by atomic mass is 16.5. The maximum absolute atomic E-state index is 8.85. The molecule has 0 radical (unpaired) electrons. The van der Waals surface area contributed by atoms with Crippen molar-refractivity contribution in [1.29, 1.82) is 5.26 Å². The fraction of sp³-hybridized carbons (Fsp3) is 0.889. The van der Waals surface area contributed by atoms with Gasteiger partial charge in [-0.25, -0.2) is 0 Å². The van der Waals surface area contributed by atoms with Crippen molar-refractivity contribution in [2.24, 2.45) is 5.92 Å². The van der Waals surface area contributed by atoms with E-state index in [0.29, 0.717) is 0 Å². The summed E-state index contributed by atoms with van der Waals surface area (Å²) in [5.74, 6) is 0.770. The van der Waals surface area contributed by atoms with Gasteiger partial charge in [0.2, 0.25) is 0 Å². The van der Waals surface area contributed by atoms with Crippen LogP contribution in [0.3, 0.4) is 0 Å². The van der Waals surface area contributed by atoms with E-state index in [1.807, 2.05) is 0 Å². The van der Waals surface area contributed by atoms with Crippen LogP contribution in [0, 0.1) is 17.2 Å². The van der Waals surface area contributed by atoms with Crippen LogP contribution in [0.15, 0.2) is 0 Å². The number of methoxy groups -OCH3 is 1. The summed E-state index contributed by atoms with van der Waals surface area (Å²) in [4.78, 5) is 0. The summed E-state index contributed by atoms with van der Waals surface area (Å²) in [5.41, 5.74) is -0.452. The van der Waals surface area contributed by atoms with Gasteiger partial charge >= 0.3 is 0 Å². The van der Waals surface area contributed by atoms with E-state index in [1.54, 1.807) is 7.11 Å². The molecule has 0 aromatic rings. The summed E-state index contributed by atoms with van der Waals surface area (Å²) in [6, 6.07) is 2.27. The van der Waals surface area contributed by atoms with Gasteiger partial charge in [-0.3, -0.25) is 0 Å². The molecule has 0 atom stereocenters. The van der Waals surface area contributed by atoms with Gasteiger partial charge in [-0.1, -0.05) is 6.92 Å². The molecule has 0 spiro atoms. The summed E-state index contributed by atoms with van der Waals surface area (Å²) < 4.78 is 5.22. The van der Waals surface area contributed by atoms with Crippen LogP contribution in [-0.4, -0.2) is 12.7 Å². The van der Waals surface area contributed by atoms with Crippen molar-refractivity contribution < 1.29 is 4.74 Å². The first kappa shape index (κ1) is 8.55. The standard InChI is InChI=1S/C9H15NO/c1-8-3-5-9(7-10,11-2)6-4-8/h8H,3-6H2,1-2H3. The average molecular weight is 153 g/mol. The molecule has 1 rings (SSSR count). The molecule has 0 aliphatic heterocycles. The van der Waals surface area contributed by atoms with E-state index in [1.165, 1.54) is 0 Å². The quantitative estimate of drug-likeness (QED) is 0.578. The molecule has 0 unspecified atom stereocenters. The second kappa shape index (κ2) is 3.23. The lowest BCUT2D eigenvalue weighted by molar-refractivity contribution is -0.00113. The summed E-state index contributed by atoms with van der Waals surface area (Å²) in [5, 5.41) is 8.85. The molecule has 0 N–H and O–H groups in total. The SMILES string of the molecule is COC1(C#N)CCC(C)CC1. The van der Waals surface area contributed by atoms with Crippen molar-refractivity contribution in [3.63, 3.8) is 0 Å². The Kier molecular flexibility index (Phi) is 2.51. The van der Waals surface area contributed by atoms with Crippen molar-refractivity contribution in [3.05, 3.63) is 0 Å². The Morgan fingerprint density at radius 1 is 1.45 bits per heavy atom. The predicted molar refractivity (Wildman–Crippen MR) is 43.0 cm³/mol. The maximum atomic E-state index is 8.85. The van der Waals surface area contributed by atoms with Crippen LogP contribution >= 0.6 is 0 Å². The molecule has 1 saturated carbocycles. The van der Waals surface area contributed by atoms with E-state index in [2.05, 4.69) is 13.0 Å². The van der Waals surface area contributed by atoms with Gasteiger partial charge in [0, 0.05) is 7.11 Å². The molecule has 2 heteroatoms. The molecule has 62 valence electrons. The Hall–Kier alpha value is -0.550. The van der Waals surface area contributed by atoms with Gasteiger partial charge in [0.1, 0.15) is 0 Å². The van der Waals surface area contributed by atoms with Gasteiger partial charge in [-0.2, -0.15) is 5.26 Å². The summed E-state index contributed by atoms with van der Waals surface area (Å²) in [7, 11) is 1.64. The molecule has 0 heterocycles. The molecule has 1 aliphatic rings. The van der Waals surface area contributed by atoms with Crippen LogP contribution in [0.2, 0.25) is 0 Å². The molecule has 11 heavy (non-hydrogen) atoms. The number of nitriles is 1. The number of ether oxygens (including phenoxy) is 1. The summed E-state index contributed by atoms with van der Waals surface area (Å²) in [6.07, 6.45) is 4.06. The molecule has 2 nitrogen and oxygen atoms in total. The molecular formula is C9H15NO. The van der Waals surface area contributed by atoms with E-state index in [4.69, 9.17) is 10.00 Å². The molecule has 1 aliphatic carbocycles. The van der Waals surface area contributed by atoms with Gasteiger partial charge in [-0.05, 0) is 31.6 Å². The van der Waals surface area contributed by atoms with E-state index < -0.39 is 5.60 Å². The zero-order valence-corrected chi connectivity index (χ0v) is 7.26. The first-order chi connectivity index (χ1) is 5.22. The Labute approximate surface area is 68.2 Å². The lowest BCUT2D eigenvalue weighted by atomic mass is 9.80. The highest BCUT2D eigenvalue weighted by Gasteiger charge is 2.33. The van der Waals surface area contributed by atoms with Crippen LogP contribution in [-0.2, 0) is 4.74 Å². The van der Waals surface area contributed by atoms with E-state index in [9.17, 15) is 0 Å². The highest BCUT2D eigenvalue weighted by molar-refractivity contribution is 5.03. The molecule has 0 amide bonds. The zero-order chi connectivity index (χ0) is 8.32. The molecule has 1 fully saturated rings. The number of hydrogen-bond donors (Lipinski definition) is 0. The molecular weight excluding hydrogens is 138 g/mol. The van der Waals surface area contributed by atoms with Crippen LogP contribution in [0.1, 0.15) is 32.6 Å². The van der Waals surface area contributed by atoms with Gasteiger partial charge in [0.25, 0.3) is 0 Å². The summed E-state index contributed by atoms with van der Waals surface area (Å²) >= 11 is 0. The first-order valence-corrected chi connectivity index (χ1v) is 4.19. The number of nitrogens with zero attached hydrogens (tertiary/aromatic N) is 1. The lowest BCUT2D eigenvalue weighted by Gasteiger charge is -2.32. The van der Waals surface area contributed by atoms with Gasteiger partial charge in [0.15, 0.2) is 5.60 Å². The number of rotatable bonds is 1. The Morgan fingerprint density at radius 3 is 2.36 bits per heavy atom. The monoisotopic (exact) mass is 153 g/mol. The van der Waals surface area contributed by atoms with Crippen LogP contribution in [0.25, 0.3) is 0 Å². The fourth-order valence-corrected chi connectivity index (χ4v) is 1.59. The highest BCUT2D eigenvalue weighted by Crippen LogP contribution is 2.33. The van der Waals surface area contributed by atoms with Gasteiger partial charge in [-0.15, -0.1) is 0 Å². The van der Waals surface area contributed by atoms with Gasteiger partial charge in [0.05, 0.1) is 6.07 Å². The second-order valence-electron chi connectivity index (χ2n) is 3.49. The maximum Gasteiger partial charge on any atom is 0.153 e. The second-order valence-corrected chi connectivity index (χ2v) is 3.49. The lowest BCUT2D eigenvalue weighted by Crippen LogP contribution is -2.33. The minimum Gasteiger partial charge on any atom is -0.363 e. The van der Waals surface area contributed by atoms with Crippen molar-refractivity contribution in [3.8, 4) is 6.07 Å². The third kappa shape index (κ3) is 1.72.